The van der Waals surface area contributed by atoms with E-state index in [1.54, 1.807) is 6.08 Å². The Kier molecular flexibility index (Phi) is 7.52. The molecule has 172 valence electrons. The second-order valence-corrected chi connectivity index (χ2v) is 10.3. The first-order chi connectivity index (χ1) is 15.5. The molecule has 0 N–H and O–H groups in total. The first kappa shape index (κ1) is 24.4. The molecule has 0 saturated carbocycles. The maximum absolute atomic E-state index is 12.8. The molecule has 0 aliphatic carbocycles. The van der Waals surface area contributed by atoms with Gasteiger partial charge in [-0.25, -0.2) is 0 Å². The predicted molar refractivity (Wildman–Crippen MR) is 140 cm³/mol. The number of hydrogen-bond acceptors (Lipinski definition) is 2. The third kappa shape index (κ3) is 7.41. The Morgan fingerprint density at radius 2 is 1.52 bits per heavy atom. The van der Waals surface area contributed by atoms with Gasteiger partial charge >= 0.3 is 0 Å². The summed E-state index contributed by atoms with van der Waals surface area (Å²) in [6, 6.07) is 24.1. The summed E-state index contributed by atoms with van der Waals surface area (Å²) in [4.78, 5) is 12.8. The van der Waals surface area contributed by atoms with E-state index < -0.39 is 0 Å². The number of rotatable bonds is 9. The van der Waals surface area contributed by atoms with Gasteiger partial charge in [-0.2, -0.15) is 0 Å². The molecule has 0 atom stereocenters. The van der Waals surface area contributed by atoms with E-state index in [4.69, 9.17) is 4.74 Å². The summed E-state index contributed by atoms with van der Waals surface area (Å²) in [5, 5.41) is 0. The van der Waals surface area contributed by atoms with Gasteiger partial charge in [0.25, 0.3) is 0 Å². The summed E-state index contributed by atoms with van der Waals surface area (Å²) in [7, 11) is 12.8. The van der Waals surface area contributed by atoms with Gasteiger partial charge in [0.15, 0.2) is 5.78 Å². The molecule has 0 heterocycles. The van der Waals surface area contributed by atoms with Crippen LogP contribution in [0.15, 0.2) is 78.9 Å². The van der Waals surface area contributed by atoms with Gasteiger partial charge in [0.2, 0.25) is 0 Å². The molecular formula is C29H36N2O2+2. The second kappa shape index (κ2) is 10.2. The van der Waals surface area contributed by atoms with Crippen molar-refractivity contribution in [3.63, 3.8) is 0 Å². The zero-order valence-electron chi connectivity index (χ0n) is 20.7. The van der Waals surface area contributed by atoms with E-state index in [1.165, 1.54) is 5.69 Å². The molecule has 0 spiro atoms. The number of likely N-dealkylation sites (N-methyl/N-ethyl adjacent to an activating group) is 1. The van der Waals surface area contributed by atoms with Gasteiger partial charge in [-0.1, -0.05) is 48.5 Å². The van der Waals surface area contributed by atoms with Gasteiger partial charge in [-0.15, -0.1) is 0 Å². The number of carbonyl (C=O) groups excluding carboxylic acids is 1. The van der Waals surface area contributed by atoms with Gasteiger partial charge in [0.1, 0.15) is 24.6 Å². The second-order valence-electron chi connectivity index (χ2n) is 10.3. The lowest BCUT2D eigenvalue weighted by Crippen LogP contribution is -2.38. The van der Waals surface area contributed by atoms with Gasteiger partial charge in [-0.3, -0.25) is 9.28 Å². The molecule has 0 saturated heterocycles. The van der Waals surface area contributed by atoms with Gasteiger partial charge in [0.05, 0.1) is 42.3 Å². The topological polar surface area (TPSA) is 26.3 Å². The molecular weight excluding hydrogens is 408 g/mol. The van der Waals surface area contributed by atoms with Gasteiger partial charge in [-0.05, 0) is 47.0 Å². The fourth-order valence-corrected chi connectivity index (χ4v) is 3.35. The number of quaternary nitrogens is 2. The standard InChI is InChI=1S/C29H36N2O2/c1-30(2,3)19-20-33-28-16-14-24(15-17-28)25-10-8-11-26(22-25)29(32)18-13-23-9-7-12-27(21-23)31(4,5)6/h7-18,21-22H,19-20H2,1-6H3/q+2/b18-13+. The van der Waals surface area contributed by atoms with Crippen molar-refractivity contribution < 1.29 is 14.0 Å². The first-order valence-corrected chi connectivity index (χ1v) is 11.3. The number of ketones is 1. The monoisotopic (exact) mass is 444 g/mol. The summed E-state index contributed by atoms with van der Waals surface area (Å²) in [5.74, 6) is 0.853. The molecule has 3 aromatic rings. The zero-order valence-corrected chi connectivity index (χ0v) is 20.7. The highest BCUT2D eigenvalue weighted by molar-refractivity contribution is 6.07. The number of allylic oxidation sites excluding steroid dienone is 1. The van der Waals surface area contributed by atoms with E-state index in [2.05, 4.69) is 54.4 Å². The Morgan fingerprint density at radius 3 is 2.18 bits per heavy atom. The zero-order chi connectivity index (χ0) is 24.1. The molecule has 0 aromatic heterocycles. The Labute approximate surface area is 198 Å². The van der Waals surface area contributed by atoms with Crippen molar-refractivity contribution >= 4 is 17.5 Å². The lowest BCUT2D eigenvalue weighted by molar-refractivity contribution is -0.870. The van der Waals surface area contributed by atoms with Crippen molar-refractivity contribution in [2.24, 2.45) is 0 Å². The molecule has 4 heteroatoms. The minimum absolute atomic E-state index is 0.00670. The number of carbonyl (C=O) groups is 1. The summed E-state index contributed by atoms with van der Waals surface area (Å²) in [5.41, 5.74) is 4.96. The highest BCUT2D eigenvalue weighted by atomic mass is 16.5. The predicted octanol–water partition coefficient (Wildman–Crippen LogP) is 5.53. The van der Waals surface area contributed by atoms with Crippen molar-refractivity contribution in [1.29, 1.82) is 0 Å². The average molecular weight is 445 g/mol. The molecule has 0 aliphatic rings. The molecule has 3 rings (SSSR count). The fourth-order valence-electron chi connectivity index (χ4n) is 3.35. The molecule has 3 aromatic carbocycles. The molecule has 0 fully saturated rings. The van der Waals surface area contributed by atoms with Gasteiger partial charge < -0.3 is 9.22 Å². The van der Waals surface area contributed by atoms with E-state index in [0.29, 0.717) is 12.2 Å². The third-order valence-electron chi connectivity index (χ3n) is 5.44. The Balaban J connectivity index is 1.69. The number of ether oxygens (including phenoxy) is 1. The molecule has 0 amide bonds. The van der Waals surface area contributed by atoms with E-state index in [9.17, 15) is 4.79 Å². The van der Waals surface area contributed by atoms with E-state index >= 15 is 0 Å². The minimum atomic E-state index is -0.00670. The molecule has 0 bridgehead atoms. The quantitative estimate of drug-likeness (QED) is 0.246. The normalized spacial score (nSPS) is 12.2. The Hall–Kier alpha value is -3.21. The van der Waals surface area contributed by atoms with Crippen LogP contribution in [0.1, 0.15) is 15.9 Å². The SMILES string of the molecule is C[N+](C)(C)CCOc1ccc(-c2cccc(C(=O)/C=C/c3cccc([N+](C)(C)C)c3)c2)cc1. The summed E-state index contributed by atoms with van der Waals surface area (Å²) in [6.45, 7) is 1.62. The number of nitrogens with zero attached hydrogens (tertiary/aromatic N) is 2. The maximum atomic E-state index is 12.8. The molecule has 33 heavy (non-hydrogen) atoms. The molecule has 4 nitrogen and oxygen atoms in total. The van der Waals surface area contributed by atoms with Crippen LogP contribution in [0.5, 0.6) is 5.75 Å². The average Bonchev–Trinajstić information content (AvgIpc) is 2.77. The lowest BCUT2D eigenvalue weighted by Gasteiger charge is -2.23. The number of benzene rings is 3. The highest BCUT2D eigenvalue weighted by Gasteiger charge is 2.12. The van der Waals surface area contributed by atoms with Crippen LogP contribution in [0.4, 0.5) is 5.69 Å². The molecule has 0 unspecified atom stereocenters. The molecule has 0 radical (unpaired) electrons. The molecule has 0 aliphatic heterocycles. The van der Waals surface area contributed by atoms with Crippen molar-refractivity contribution in [1.82, 2.24) is 4.48 Å². The minimum Gasteiger partial charge on any atom is -0.488 e. The summed E-state index contributed by atoms with van der Waals surface area (Å²) in [6.07, 6.45) is 3.54. The van der Waals surface area contributed by atoms with Crippen molar-refractivity contribution in [3.8, 4) is 16.9 Å². The first-order valence-electron chi connectivity index (χ1n) is 11.3. The van der Waals surface area contributed by atoms with Crippen LogP contribution in [-0.4, -0.2) is 65.7 Å². The van der Waals surface area contributed by atoms with E-state index in [-0.39, 0.29) is 5.78 Å². The highest BCUT2D eigenvalue weighted by Crippen LogP contribution is 2.24. The van der Waals surface area contributed by atoms with Crippen LogP contribution < -0.4 is 9.22 Å². The largest absolute Gasteiger partial charge is 0.488 e. The Morgan fingerprint density at radius 1 is 0.818 bits per heavy atom. The maximum Gasteiger partial charge on any atom is 0.185 e. The Bertz CT molecular complexity index is 1120. The third-order valence-corrected chi connectivity index (χ3v) is 5.44. The van der Waals surface area contributed by atoms with E-state index in [0.717, 1.165) is 38.0 Å². The summed E-state index contributed by atoms with van der Waals surface area (Å²) >= 11 is 0. The van der Waals surface area contributed by atoms with Crippen LogP contribution >= 0.6 is 0 Å². The van der Waals surface area contributed by atoms with Crippen molar-refractivity contribution in [2.75, 3.05) is 55.4 Å². The summed E-state index contributed by atoms with van der Waals surface area (Å²) < 4.78 is 7.46. The van der Waals surface area contributed by atoms with Crippen LogP contribution in [-0.2, 0) is 0 Å². The van der Waals surface area contributed by atoms with Crippen LogP contribution in [0, 0.1) is 0 Å². The van der Waals surface area contributed by atoms with E-state index in [1.807, 2.05) is 66.7 Å². The lowest BCUT2D eigenvalue weighted by atomic mass is 10.0. The van der Waals surface area contributed by atoms with Crippen LogP contribution in [0.2, 0.25) is 0 Å². The van der Waals surface area contributed by atoms with Gasteiger partial charge in [0, 0.05) is 11.6 Å². The van der Waals surface area contributed by atoms with Crippen LogP contribution in [0.25, 0.3) is 17.2 Å². The van der Waals surface area contributed by atoms with Crippen molar-refractivity contribution in [3.05, 3.63) is 90.0 Å². The number of hydrogen-bond donors (Lipinski definition) is 0. The van der Waals surface area contributed by atoms with Crippen LogP contribution in [0.3, 0.4) is 0 Å². The smallest absolute Gasteiger partial charge is 0.185 e. The fraction of sp³-hybridized carbons (Fsp3) is 0.276. The van der Waals surface area contributed by atoms with Crippen molar-refractivity contribution in [2.45, 2.75) is 0 Å².